The first-order chi connectivity index (χ1) is 15.8. The Hall–Kier alpha value is -2.15. The fraction of sp³-hybridized carbons (Fsp3) is 0.0833. The molecule has 0 saturated carbocycles. The predicted molar refractivity (Wildman–Crippen MR) is 135 cm³/mol. The number of rotatable bonds is 6. The Morgan fingerprint density at radius 1 is 0.879 bits per heavy atom. The maximum atomic E-state index is 12.8. The van der Waals surface area contributed by atoms with Crippen LogP contribution in [-0.4, -0.2) is 16.0 Å². The van der Waals surface area contributed by atoms with Crippen molar-refractivity contribution in [1.29, 1.82) is 0 Å². The lowest BCUT2D eigenvalue weighted by molar-refractivity contribution is -0.123. The number of thioether (sulfide) groups is 1. The number of imide groups is 1. The van der Waals surface area contributed by atoms with Gasteiger partial charge in [0.25, 0.3) is 11.1 Å². The second-order valence-electron chi connectivity index (χ2n) is 7.11. The number of ether oxygens (including phenoxy) is 1. The number of halogens is 4. The van der Waals surface area contributed by atoms with Gasteiger partial charge in [-0.1, -0.05) is 70.7 Å². The molecule has 0 unspecified atom stereocenters. The number of carbonyl (C=O) groups excluding carboxylic acids is 2. The zero-order chi connectivity index (χ0) is 23.5. The molecule has 0 bridgehead atoms. The van der Waals surface area contributed by atoms with E-state index in [2.05, 4.69) is 0 Å². The molecule has 4 rings (SSSR count). The number of hydrogen-bond acceptors (Lipinski definition) is 4. The molecule has 0 N–H and O–H groups in total. The minimum Gasteiger partial charge on any atom is -0.489 e. The van der Waals surface area contributed by atoms with Gasteiger partial charge < -0.3 is 4.74 Å². The van der Waals surface area contributed by atoms with Gasteiger partial charge in [-0.05, 0) is 65.4 Å². The third-order valence-electron chi connectivity index (χ3n) is 4.76. The molecule has 3 aromatic carbocycles. The van der Waals surface area contributed by atoms with E-state index >= 15 is 0 Å². The van der Waals surface area contributed by atoms with Crippen LogP contribution in [0.25, 0.3) is 6.08 Å². The van der Waals surface area contributed by atoms with Crippen LogP contribution in [-0.2, 0) is 17.9 Å². The lowest BCUT2D eigenvalue weighted by atomic mass is 10.2. The smallest absolute Gasteiger partial charge is 0.293 e. The summed E-state index contributed by atoms with van der Waals surface area (Å²) >= 11 is 25.0. The average Bonchev–Trinajstić information content (AvgIpc) is 3.03. The van der Waals surface area contributed by atoms with Crippen LogP contribution in [0, 0.1) is 0 Å². The molecule has 1 aliphatic heterocycles. The topological polar surface area (TPSA) is 46.6 Å². The first-order valence-corrected chi connectivity index (χ1v) is 12.0. The fourth-order valence-electron chi connectivity index (χ4n) is 3.10. The highest BCUT2D eigenvalue weighted by Crippen LogP contribution is 2.34. The molecule has 0 aromatic heterocycles. The molecule has 0 spiro atoms. The molecule has 168 valence electrons. The van der Waals surface area contributed by atoms with E-state index in [0.29, 0.717) is 36.3 Å². The van der Waals surface area contributed by atoms with Gasteiger partial charge >= 0.3 is 0 Å². The zero-order valence-electron chi connectivity index (χ0n) is 16.9. The van der Waals surface area contributed by atoms with Gasteiger partial charge in [0.05, 0.1) is 21.5 Å². The Morgan fingerprint density at radius 2 is 1.70 bits per heavy atom. The highest BCUT2D eigenvalue weighted by Gasteiger charge is 2.35. The van der Waals surface area contributed by atoms with Crippen LogP contribution >= 0.6 is 58.2 Å². The largest absolute Gasteiger partial charge is 0.489 e. The summed E-state index contributed by atoms with van der Waals surface area (Å²) < 4.78 is 5.84. The molecule has 1 fully saturated rings. The molecule has 9 heteroatoms. The third kappa shape index (κ3) is 5.86. The SMILES string of the molecule is O=C1S/C(=C/c2cccc(OCc3ccc(Cl)cc3Cl)c2)C(=O)N1Cc1ccc(Cl)c(Cl)c1. The van der Waals surface area contributed by atoms with Crippen LogP contribution in [0.4, 0.5) is 4.79 Å². The lowest BCUT2D eigenvalue weighted by Gasteiger charge is -2.13. The molecule has 3 aromatic rings. The van der Waals surface area contributed by atoms with E-state index < -0.39 is 0 Å². The van der Waals surface area contributed by atoms with Crippen molar-refractivity contribution < 1.29 is 14.3 Å². The summed E-state index contributed by atoms with van der Waals surface area (Å²) in [5.41, 5.74) is 2.24. The maximum absolute atomic E-state index is 12.8. The van der Waals surface area contributed by atoms with E-state index in [1.807, 2.05) is 12.1 Å². The van der Waals surface area contributed by atoms with Gasteiger partial charge in [-0.2, -0.15) is 0 Å². The lowest BCUT2D eigenvalue weighted by Crippen LogP contribution is -2.27. The number of carbonyl (C=O) groups is 2. The van der Waals surface area contributed by atoms with E-state index in [4.69, 9.17) is 51.1 Å². The van der Waals surface area contributed by atoms with Crippen LogP contribution in [0.3, 0.4) is 0 Å². The standard InChI is InChI=1S/C24H15Cl4NO3S/c25-17-6-5-16(20(27)11-17)13-32-18-3-1-2-14(8-18)10-22-23(30)29(24(31)33-22)12-15-4-7-19(26)21(28)9-15/h1-11H,12-13H2/b22-10+. The van der Waals surface area contributed by atoms with Crippen LogP contribution in [0.2, 0.25) is 20.1 Å². The van der Waals surface area contributed by atoms with E-state index in [1.54, 1.807) is 54.6 Å². The molecule has 0 atom stereocenters. The molecule has 0 radical (unpaired) electrons. The van der Waals surface area contributed by atoms with Gasteiger partial charge in [0.15, 0.2) is 0 Å². The van der Waals surface area contributed by atoms with E-state index in [0.717, 1.165) is 22.9 Å². The normalized spacial score (nSPS) is 14.9. The molecular weight excluding hydrogens is 524 g/mol. The first kappa shape index (κ1) is 24.0. The van der Waals surface area contributed by atoms with Crippen molar-refractivity contribution in [3.05, 3.63) is 102 Å². The molecule has 33 heavy (non-hydrogen) atoms. The molecular formula is C24H15Cl4NO3S. The van der Waals surface area contributed by atoms with Crippen LogP contribution in [0.15, 0.2) is 65.6 Å². The van der Waals surface area contributed by atoms with Crippen LogP contribution < -0.4 is 4.74 Å². The summed E-state index contributed by atoms with van der Waals surface area (Å²) in [4.78, 5) is 26.8. The third-order valence-corrected chi connectivity index (χ3v) is 7.00. The monoisotopic (exact) mass is 537 g/mol. The summed E-state index contributed by atoms with van der Waals surface area (Å²) in [6.45, 7) is 0.378. The van der Waals surface area contributed by atoms with Crippen molar-refractivity contribution in [3.8, 4) is 5.75 Å². The summed E-state index contributed by atoms with van der Waals surface area (Å²) in [5.74, 6) is 0.236. The van der Waals surface area contributed by atoms with Crippen LogP contribution in [0.1, 0.15) is 16.7 Å². The predicted octanol–water partition coefficient (Wildman–Crippen LogP) is 8.12. The van der Waals surface area contributed by atoms with Gasteiger partial charge in [0, 0.05) is 15.6 Å². The second kappa shape index (κ2) is 10.4. The molecule has 1 saturated heterocycles. The van der Waals surface area contributed by atoms with Gasteiger partial charge in [-0.25, -0.2) is 0 Å². The van der Waals surface area contributed by atoms with Gasteiger partial charge in [0.2, 0.25) is 0 Å². The van der Waals surface area contributed by atoms with Crippen molar-refractivity contribution in [1.82, 2.24) is 4.90 Å². The Labute approximate surface area is 215 Å². The Bertz CT molecular complexity index is 1280. The van der Waals surface area contributed by atoms with Gasteiger partial charge in [-0.3, -0.25) is 14.5 Å². The number of benzene rings is 3. The second-order valence-corrected chi connectivity index (χ2v) is 9.76. The van der Waals surface area contributed by atoms with Crippen molar-refractivity contribution >= 4 is 75.4 Å². The minimum atomic E-state index is -0.365. The fourth-order valence-corrected chi connectivity index (χ4v) is 4.72. The molecule has 2 amide bonds. The molecule has 0 aliphatic carbocycles. The van der Waals surface area contributed by atoms with Gasteiger partial charge in [-0.15, -0.1) is 0 Å². The summed E-state index contributed by atoms with van der Waals surface area (Å²) in [7, 11) is 0. The van der Waals surface area contributed by atoms with Crippen LogP contribution in [0.5, 0.6) is 5.75 Å². The van der Waals surface area contributed by atoms with E-state index in [-0.39, 0.29) is 24.3 Å². The number of nitrogens with zero attached hydrogens (tertiary/aromatic N) is 1. The van der Waals surface area contributed by atoms with Gasteiger partial charge in [0.1, 0.15) is 12.4 Å². The Balaban J connectivity index is 1.46. The highest BCUT2D eigenvalue weighted by molar-refractivity contribution is 8.18. The Kier molecular flexibility index (Phi) is 7.57. The van der Waals surface area contributed by atoms with Crippen molar-refractivity contribution in [3.63, 3.8) is 0 Å². The zero-order valence-corrected chi connectivity index (χ0v) is 20.7. The van der Waals surface area contributed by atoms with Crippen molar-refractivity contribution in [2.45, 2.75) is 13.2 Å². The molecule has 1 heterocycles. The molecule has 1 aliphatic rings. The van der Waals surface area contributed by atoms with E-state index in [1.165, 1.54) is 4.90 Å². The van der Waals surface area contributed by atoms with Crippen molar-refractivity contribution in [2.75, 3.05) is 0 Å². The summed E-state index contributed by atoms with van der Waals surface area (Å²) in [6.07, 6.45) is 1.67. The average molecular weight is 539 g/mol. The van der Waals surface area contributed by atoms with E-state index in [9.17, 15) is 9.59 Å². The Morgan fingerprint density at radius 3 is 2.45 bits per heavy atom. The highest BCUT2D eigenvalue weighted by atomic mass is 35.5. The number of amides is 2. The summed E-state index contributed by atoms with van der Waals surface area (Å²) in [5, 5.41) is 1.51. The first-order valence-electron chi connectivity index (χ1n) is 9.66. The quantitative estimate of drug-likeness (QED) is 0.297. The maximum Gasteiger partial charge on any atom is 0.293 e. The summed E-state index contributed by atoms with van der Waals surface area (Å²) in [6, 6.07) is 17.4. The number of hydrogen-bond donors (Lipinski definition) is 0. The van der Waals surface area contributed by atoms with Crippen molar-refractivity contribution in [2.24, 2.45) is 0 Å². The molecule has 4 nitrogen and oxygen atoms in total. The minimum absolute atomic E-state index is 0.115.